The average Bonchev–Trinajstić information content (AvgIpc) is 2.59. The monoisotopic (exact) mass is 532 g/mol. The van der Waals surface area contributed by atoms with Gasteiger partial charge in [-0.05, 0) is 32.0 Å². The Morgan fingerprint density at radius 3 is 2.50 bits per heavy atom. The van der Waals surface area contributed by atoms with Crippen molar-refractivity contribution >= 4 is 40.0 Å². The Morgan fingerprint density at radius 2 is 1.89 bits per heavy atom. The molecule has 1 saturated heterocycles. The van der Waals surface area contributed by atoms with Crippen molar-refractivity contribution < 1.29 is 21.9 Å². The van der Waals surface area contributed by atoms with Crippen molar-refractivity contribution in [3.8, 4) is 0 Å². The van der Waals surface area contributed by atoms with Crippen molar-refractivity contribution in [1.82, 2.24) is 14.9 Å². The quantitative estimate of drug-likeness (QED) is 0.331. The van der Waals surface area contributed by atoms with Crippen LogP contribution >= 0.6 is 24.0 Å². The molecule has 28 heavy (non-hydrogen) atoms. The third-order valence-electron chi connectivity index (χ3n) is 4.11. The molecular weight excluding hydrogens is 505 g/mol. The summed E-state index contributed by atoms with van der Waals surface area (Å²) in [6, 6.07) is 3.20. The van der Waals surface area contributed by atoms with E-state index in [0.717, 1.165) is 18.2 Å². The van der Waals surface area contributed by atoms with Crippen molar-refractivity contribution in [2.45, 2.75) is 32.6 Å². The summed E-state index contributed by atoms with van der Waals surface area (Å²) in [4.78, 5) is 3.96. The van der Waals surface area contributed by atoms with Crippen molar-refractivity contribution in [3.63, 3.8) is 0 Å². The van der Waals surface area contributed by atoms with Crippen LogP contribution in [0.3, 0.4) is 0 Å². The molecule has 11 heteroatoms. The van der Waals surface area contributed by atoms with E-state index in [0.29, 0.717) is 19.0 Å². The maximum Gasteiger partial charge on any atom is 0.216 e. The highest BCUT2D eigenvalue weighted by Crippen LogP contribution is 2.14. The molecule has 0 saturated carbocycles. The smallest absolute Gasteiger partial charge is 0.216 e. The molecule has 0 aliphatic carbocycles. The lowest BCUT2D eigenvalue weighted by atomic mass is 10.2. The minimum atomic E-state index is -3.43. The Balaban J connectivity index is 0.00000392. The summed E-state index contributed by atoms with van der Waals surface area (Å²) in [5.41, 5.74) is 0.155. The van der Waals surface area contributed by atoms with Gasteiger partial charge in [-0.1, -0.05) is 0 Å². The third-order valence-corrected chi connectivity index (χ3v) is 5.91. The number of hydrogen-bond acceptors (Lipinski definition) is 4. The van der Waals surface area contributed by atoms with E-state index in [1.54, 1.807) is 0 Å². The molecule has 1 aromatic carbocycles. The first-order valence-corrected chi connectivity index (χ1v) is 10.3. The van der Waals surface area contributed by atoms with E-state index >= 15 is 0 Å². The van der Waals surface area contributed by atoms with Crippen LogP contribution in [0.5, 0.6) is 0 Å². The number of rotatable bonds is 6. The van der Waals surface area contributed by atoms with Crippen molar-refractivity contribution in [1.29, 1.82) is 0 Å². The zero-order chi connectivity index (χ0) is 20.0. The first kappa shape index (κ1) is 25.0. The number of morpholine rings is 1. The largest absolute Gasteiger partial charge is 0.373 e. The summed E-state index contributed by atoms with van der Waals surface area (Å²) in [6.45, 7) is 4.50. The van der Waals surface area contributed by atoms with Gasteiger partial charge in [0.15, 0.2) is 5.96 Å². The lowest BCUT2D eigenvalue weighted by Crippen LogP contribution is -2.50. The van der Waals surface area contributed by atoms with Gasteiger partial charge >= 0.3 is 0 Å². The molecule has 0 amide bonds. The number of ether oxygens (including phenoxy) is 1. The van der Waals surface area contributed by atoms with Gasteiger partial charge in [0.2, 0.25) is 10.0 Å². The molecule has 160 valence electrons. The number of guanidine groups is 1. The van der Waals surface area contributed by atoms with Crippen LogP contribution < -0.4 is 10.6 Å². The fourth-order valence-corrected chi connectivity index (χ4v) is 4.36. The predicted octanol–water partition coefficient (Wildman–Crippen LogP) is 1.69. The van der Waals surface area contributed by atoms with Gasteiger partial charge in [-0.2, -0.15) is 4.31 Å². The van der Waals surface area contributed by atoms with Crippen LogP contribution in [-0.4, -0.2) is 63.3 Å². The summed E-state index contributed by atoms with van der Waals surface area (Å²) in [5, 5.41) is 5.71. The molecule has 1 aliphatic heterocycles. The number of aliphatic imine (C=N–C) groups is 1. The molecule has 1 heterocycles. The van der Waals surface area contributed by atoms with E-state index in [4.69, 9.17) is 4.74 Å². The van der Waals surface area contributed by atoms with Crippen LogP contribution in [-0.2, 0) is 21.3 Å². The van der Waals surface area contributed by atoms with Gasteiger partial charge in [0.25, 0.3) is 0 Å². The molecule has 1 aliphatic rings. The zero-order valence-corrected chi connectivity index (χ0v) is 19.3. The molecule has 2 rings (SSSR count). The molecule has 1 fully saturated rings. The van der Waals surface area contributed by atoms with Gasteiger partial charge < -0.3 is 15.4 Å². The van der Waals surface area contributed by atoms with E-state index in [2.05, 4.69) is 15.6 Å². The molecule has 7 nitrogen and oxygen atoms in total. The van der Waals surface area contributed by atoms with Gasteiger partial charge in [0.05, 0.1) is 18.0 Å². The van der Waals surface area contributed by atoms with Crippen LogP contribution in [0.2, 0.25) is 0 Å². The minimum Gasteiger partial charge on any atom is -0.373 e. The summed E-state index contributed by atoms with van der Waals surface area (Å²) in [6.07, 6.45) is -0.292. The van der Waals surface area contributed by atoms with E-state index in [9.17, 15) is 17.2 Å². The second kappa shape index (κ2) is 11.2. The van der Waals surface area contributed by atoms with Crippen molar-refractivity contribution in [3.05, 3.63) is 35.4 Å². The summed E-state index contributed by atoms with van der Waals surface area (Å²) in [5.74, 6) is -0.868. The molecular formula is C17H27F2IN4O3S. The van der Waals surface area contributed by atoms with Crippen molar-refractivity contribution in [2.24, 2.45) is 4.99 Å². The standard InChI is InChI=1S/C17H26F2N4O3S.HI/c1-12-10-23(11-13(2)26-12)27(24,25)7-6-21-17(20-3)22-9-14-8-15(18)4-5-16(14)19;/h4-5,8,12-13H,6-7,9-11H2,1-3H3,(H2,20,21,22);1H. The minimum absolute atomic E-state index is 0. The maximum absolute atomic E-state index is 13.6. The van der Waals surface area contributed by atoms with E-state index < -0.39 is 21.7 Å². The van der Waals surface area contributed by atoms with Crippen LogP contribution in [0.1, 0.15) is 19.4 Å². The van der Waals surface area contributed by atoms with Gasteiger partial charge in [-0.3, -0.25) is 4.99 Å². The topological polar surface area (TPSA) is 83.0 Å². The summed E-state index contributed by atoms with van der Waals surface area (Å²) in [7, 11) is -1.92. The van der Waals surface area contributed by atoms with Crippen LogP contribution in [0.4, 0.5) is 8.78 Å². The SMILES string of the molecule is CN=C(NCCS(=O)(=O)N1CC(C)OC(C)C1)NCc1cc(F)ccc1F.I. The number of nitrogens with zero attached hydrogens (tertiary/aromatic N) is 2. The number of benzene rings is 1. The lowest BCUT2D eigenvalue weighted by molar-refractivity contribution is -0.0440. The van der Waals surface area contributed by atoms with Gasteiger partial charge in [0, 0.05) is 38.8 Å². The normalized spacial score (nSPS) is 21.1. The molecule has 1 aromatic rings. The van der Waals surface area contributed by atoms with E-state index in [1.807, 2.05) is 13.8 Å². The van der Waals surface area contributed by atoms with E-state index in [-0.39, 0.29) is 60.6 Å². The zero-order valence-electron chi connectivity index (χ0n) is 16.1. The third kappa shape index (κ3) is 7.41. The number of nitrogens with one attached hydrogen (secondary N) is 2. The fraction of sp³-hybridized carbons (Fsp3) is 0.588. The van der Waals surface area contributed by atoms with Gasteiger partial charge in [-0.25, -0.2) is 17.2 Å². The lowest BCUT2D eigenvalue weighted by Gasteiger charge is -2.34. The first-order chi connectivity index (χ1) is 12.7. The molecule has 0 radical (unpaired) electrons. The van der Waals surface area contributed by atoms with Gasteiger partial charge in [0.1, 0.15) is 11.6 Å². The second-order valence-corrected chi connectivity index (χ2v) is 8.57. The number of halogens is 3. The van der Waals surface area contributed by atoms with Crippen LogP contribution in [0, 0.1) is 11.6 Å². The van der Waals surface area contributed by atoms with Crippen LogP contribution in [0.15, 0.2) is 23.2 Å². The maximum atomic E-state index is 13.6. The molecule has 0 spiro atoms. The second-order valence-electron chi connectivity index (χ2n) is 6.48. The predicted molar refractivity (Wildman–Crippen MR) is 115 cm³/mol. The fourth-order valence-electron chi connectivity index (χ4n) is 2.86. The highest BCUT2D eigenvalue weighted by atomic mass is 127. The molecule has 2 N–H and O–H groups in total. The molecule has 0 aromatic heterocycles. The van der Waals surface area contributed by atoms with Gasteiger partial charge in [-0.15, -0.1) is 24.0 Å². The highest BCUT2D eigenvalue weighted by Gasteiger charge is 2.30. The summed E-state index contributed by atoms with van der Waals surface area (Å²) < 4.78 is 58.8. The Bertz CT molecular complexity index is 770. The number of hydrogen-bond donors (Lipinski definition) is 2. The molecule has 2 atom stereocenters. The first-order valence-electron chi connectivity index (χ1n) is 8.73. The van der Waals surface area contributed by atoms with Crippen LogP contribution in [0.25, 0.3) is 0 Å². The Morgan fingerprint density at radius 1 is 1.25 bits per heavy atom. The Hall–Kier alpha value is -1.05. The molecule has 0 bridgehead atoms. The Labute approximate surface area is 182 Å². The number of sulfonamides is 1. The average molecular weight is 532 g/mol. The Kier molecular flexibility index (Phi) is 10.0. The summed E-state index contributed by atoms with van der Waals surface area (Å²) >= 11 is 0. The van der Waals surface area contributed by atoms with Crippen molar-refractivity contribution in [2.75, 3.05) is 32.4 Å². The highest BCUT2D eigenvalue weighted by molar-refractivity contribution is 14.0. The van der Waals surface area contributed by atoms with E-state index in [1.165, 1.54) is 11.4 Å². The molecule has 2 unspecified atom stereocenters.